The molecule has 1 N–H and O–H groups in total. The van der Waals surface area contributed by atoms with Gasteiger partial charge in [0.05, 0.1) is 0 Å². The van der Waals surface area contributed by atoms with Crippen LogP contribution in [0.2, 0.25) is 0 Å². The Morgan fingerprint density at radius 1 is 1.33 bits per heavy atom. The molecular weight excluding hydrogens is 150 g/mol. The van der Waals surface area contributed by atoms with Crippen LogP contribution in [0.25, 0.3) is 0 Å². The van der Waals surface area contributed by atoms with Gasteiger partial charge < -0.3 is 4.98 Å². The predicted octanol–water partition coefficient (Wildman–Crippen LogP) is 1.98. The summed E-state index contributed by atoms with van der Waals surface area (Å²) in [5.41, 5.74) is 1.88. The van der Waals surface area contributed by atoms with Gasteiger partial charge in [0.25, 0.3) is 0 Å². The largest absolute Gasteiger partial charge is 0.364 e. The molecule has 0 saturated heterocycles. The summed E-state index contributed by atoms with van der Waals surface area (Å²) in [6.45, 7) is 8.04. The van der Waals surface area contributed by atoms with Gasteiger partial charge in [-0.1, -0.05) is 20.8 Å². The molecule has 1 aromatic heterocycles. The van der Waals surface area contributed by atoms with Crippen molar-refractivity contribution < 1.29 is 0 Å². The van der Waals surface area contributed by atoms with Crippen LogP contribution in [0.5, 0.6) is 0 Å². The molecule has 1 aromatic rings. The Hall–Kier alpha value is -1.05. The highest BCUT2D eigenvalue weighted by Crippen LogP contribution is 2.17. The van der Waals surface area contributed by atoms with Crippen LogP contribution in [-0.4, -0.2) is 4.98 Å². The van der Waals surface area contributed by atoms with E-state index < -0.39 is 0 Å². The summed E-state index contributed by atoms with van der Waals surface area (Å²) < 4.78 is 0. The Morgan fingerprint density at radius 3 is 2.33 bits per heavy atom. The van der Waals surface area contributed by atoms with Crippen molar-refractivity contribution in [3.63, 3.8) is 0 Å². The van der Waals surface area contributed by atoms with E-state index in [2.05, 4.69) is 25.8 Å². The first kappa shape index (κ1) is 9.04. The van der Waals surface area contributed by atoms with Crippen molar-refractivity contribution in [3.05, 3.63) is 33.7 Å². The van der Waals surface area contributed by atoms with Crippen molar-refractivity contribution in [2.75, 3.05) is 0 Å². The third kappa shape index (κ3) is 1.76. The van der Waals surface area contributed by atoms with Gasteiger partial charge in [-0.25, -0.2) is 0 Å². The second kappa shape index (κ2) is 2.77. The molecule has 0 aliphatic heterocycles. The molecule has 1 rings (SSSR count). The van der Waals surface area contributed by atoms with Crippen molar-refractivity contribution in [2.24, 2.45) is 0 Å². The third-order valence-corrected chi connectivity index (χ3v) is 1.92. The number of H-pyrrole nitrogens is 1. The maximum atomic E-state index is 11.3. The summed E-state index contributed by atoms with van der Waals surface area (Å²) >= 11 is 0. The van der Waals surface area contributed by atoms with Crippen LogP contribution < -0.4 is 5.43 Å². The Balaban J connectivity index is 3.23. The van der Waals surface area contributed by atoms with Crippen LogP contribution in [0.3, 0.4) is 0 Å². The maximum absolute atomic E-state index is 11.3. The van der Waals surface area contributed by atoms with Gasteiger partial charge >= 0.3 is 0 Å². The van der Waals surface area contributed by atoms with Gasteiger partial charge in [-0.15, -0.1) is 0 Å². The van der Waals surface area contributed by atoms with Crippen LogP contribution in [-0.2, 0) is 5.41 Å². The number of pyridine rings is 1. The molecule has 0 atom stereocenters. The van der Waals surface area contributed by atoms with Gasteiger partial charge in [0.2, 0.25) is 0 Å². The number of aromatic nitrogens is 1. The molecule has 0 saturated carbocycles. The molecule has 0 aliphatic rings. The average Bonchev–Trinajstić information content (AvgIpc) is 1.92. The second-order valence-electron chi connectivity index (χ2n) is 4.14. The first-order chi connectivity index (χ1) is 5.41. The Bertz CT molecular complexity index is 330. The standard InChI is InChI=1S/C10H15NO/c1-7-6-11-9(5-8(7)12)10(2,3)4/h5-6H,1-4H3,(H,11,12). The van der Waals surface area contributed by atoms with Crippen molar-refractivity contribution in [3.8, 4) is 0 Å². The molecule has 0 aromatic carbocycles. The zero-order valence-corrected chi connectivity index (χ0v) is 8.06. The van der Waals surface area contributed by atoms with E-state index in [1.54, 1.807) is 12.3 Å². The number of nitrogens with one attached hydrogen (secondary N) is 1. The molecule has 0 amide bonds. The first-order valence-electron chi connectivity index (χ1n) is 4.11. The van der Waals surface area contributed by atoms with E-state index in [0.717, 1.165) is 11.3 Å². The fourth-order valence-corrected chi connectivity index (χ4v) is 0.977. The summed E-state index contributed by atoms with van der Waals surface area (Å²) in [6.07, 6.45) is 1.77. The van der Waals surface area contributed by atoms with E-state index >= 15 is 0 Å². The molecule has 0 unspecified atom stereocenters. The van der Waals surface area contributed by atoms with E-state index in [-0.39, 0.29) is 10.8 Å². The lowest BCUT2D eigenvalue weighted by Crippen LogP contribution is -2.17. The van der Waals surface area contributed by atoms with E-state index in [4.69, 9.17) is 0 Å². The predicted molar refractivity (Wildman–Crippen MR) is 50.5 cm³/mol. The smallest absolute Gasteiger partial charge is 0.184 e. The summed E-state index contributed by atoms with van der Waals surface area (Å²) in [5.74, 6) is 0. The molecule has 2 nitrogen and oxygen atoms in total. The van der Waals surface area contributed by atoms with Crippen molar-refractivity contribution >= 4 is 0 Å². The lowest BCUT2D eigenvalue weighted by Gasteiger charge is -2.18. The molecule has 0 bridgehead atoms. The SMILES string of the molecule is Cc1c[nH]c(C(C)(C)C)cc1=O. The third-order valence-electron chi connectivity index (χ3n) is 1.92. The van der Waals surface area contributed by atoms with Crippen LogP contribution in [0, 0.1) is 6.92 Å². The van der Waals surface area contributed by atoms with Crippen molar-refractivity contribution in [1.82, 2.24) is 4.98 Å². The normalized spacial score (nSPS) is 11.7. The molecule has 0 spiro atoms. The number of aryl methyl sites for hydroxylation is 1. The first-order valence-corrected chi connectivity index (χ1v) is 4.11. The maximum Gasteiger partial charge on any atom is 0.184 e. The number of aromatic amines is 1. The molecule has 2 heteroatoms. The van der Waals surface area contributed by atoms with Gasteiger partial charge in [-0.2, -0.15) is 0 Å². The monoisotopic (exact) mass is 165 g/mol. The van der Waals surface area contributed by atoms with Gasteiger partial charge in [0.1, 0.15) is 0 Å². The highest BCUT2D eigenvalue weighted by Gasteiger charge is 2.14. The molecule has 12 heavy (non-hydrogen) atoms. The Labute approximate surface area is 72.6 Å². The lowest BCUT2D eigenvalue weighted by molar-refractivity contribution is 0.568. The zero-order valence-electron chi connectivity index (χ0n) is 8.06. The molecule has 0 radical (unpaired) electrons. The van der Waals surface area contributed by atoms with Gasteiger partial charge in [0.15, 0.2) is 5.43 Å². The average molecular weight is 165 g/mol. The lowest BCUT2D eigenvalue weighted by atomic mass is 9.91. The fourth-order valence-electron chi connectivity index (χ4n) is 0.977. The quantitative estimate of drug-likeness (QED) is 0.626. The highest BCUT2D eigenvalue weighted by atomic mass is 16.1. The van der Waals surface area contributed by atoms with Gasteiger partial charge in [-0.05, 0) is 6.92 Å². The zero-order chi connectivity index (χ0) is 9.35. The minimum Gasteiger partial charge on any atom is -0.364 e. The topological polar surface area (TPSA) is 32.9 Å². The fraction of sp³-hybridized carbons (Fsp3) is 0.500. The highest BCUT2D eigenvalue weighted by molar-refractivity contribution is 5.18. The summed E-state index contributed by atoms with van der Waals surface area (Å²) in [4.78, 5) is 14.4. The minimum atomic E-state index is 0.0207. The van der Waals surface area contributed by atoms with Crippen molar-refractivity contribution in [1.29, 1.82) is 0 Å². The van der Waals surface area contributed by atoms with Crippen LogP contribution in [0.4, 0.5) is 0 Å². The van der Waals surface area contributed by atoms with E-state index in [9.17, 15) is 4.79 Å². The number of hydrogen-bond donors (Lipinski definition) is 1. The molecule has 0 aliphatic carbocycles. The van der Waals surface area contributed by atoms with Crippen LogP contribution >= 0.6 is 0 Å². The summed E-state index contributed by atoms with van der Waals surface area (Å²) in [5, 5.41) is 0. The molecule has 66 valence electrons. The Kier molecular flexibility index (Phi) is 2.09. The number of hydrogen-bond acceptors (Lipinski definition) is 1. The molecular formula is C10H15NO. The number of rotatable bonds is 0. The Morgan fingerprint density at radius 2 is 1.92 bits per heavy atom. The van der Waals surface area contributed by atoms with E-state index in [1.807, 2.05) is 6.92 Å². The molecule has 0 fully saturated rings. The van der Waals surface area contributed by atoms with Crippen LogP contribution in [0.1, 0.15) is 32.0 Å². The minimum absolute atomic E-state index is 0.0207. The van der Waals surface area contributed by atoms with Gasteiger partial charge in [-0.3, -0.25) is 4.79 Å². The van der Waals surface area contributed by atoms with E-state index in [1.165, 1.54) is 0 Å². The summed E-state index contributed by atoms with van der Waals surface area (Å²) in [6, 6.07) is 1.68. The van der Waals surface area contributed by atoms with E-state index in [0.29, 0.717) is 0 Å². The van der Waals surface area contributed by atoms with Gasteiger partial charge in [0, 0.05) is 28.9 Å². The van der Waals surface area contributed by atoms with Crippen LogP contribution in [0.15, 0.2) is 17.1 Å². The van der Waals surface area contributed by atoms with Crippen molar-refractivity contribution in [2.45, 2.75) is 33.1 Å². The second-order valence-corrected chi connectivity index (χ2v) is 4.14. The summed E-state index contributed by atoms with van der Waals surface area (Å²) in [7, 11) is 0. The molecule has 1 heterocycles.